The Bertz CT molecular complexity index is 377. The maximum absolute atomic E-state index is 5.71. The van der Waals surface area contributed by atoms with Gasteiger partial charge in [0.2, 0.25) is 0 Å². The van der Waals surface area contributed by atoms with Gasteiger partial charge in [0.05, 0.1) is 6.61 Å². The summed E-state index contributed by atoms with van der Waals surface area (Å²) in [7, 11) is 2.04. The molecule has 1 aromatic carbocycles. The zero-order valence-electron chi connectivity index (χ0n) is 9.12. The molecule has 1 aliphatic heterocycles. The number of ether oxygens (including phenoxy) is 1. The standard InChI is InChI=1S/C13H17NO/c1-14-9-10-8-13(10)6-7-15-12-5-3-2-4-11(12)13/h2-5,10,14H,6-9H2,1H3/t10-,13-/m0/s1. The molecule has 0 unspecified atom stereocenters. The van der Waals surface area contributed by atoms with E-state index < -0.39 is 0 Å². The fourth-order valence-corrected chi connectivity index (χ4v) is 3.01. The highest BCUT2D eigenvalue weighted by Gasteiger charge is 2.56. The Morgan fingerprint density at radius 1 is 1.47 bits per heavy atom. The molecule has 0 bridgehead atoms. The first-order valence-electron chi connectivity index (χ1n) is 5.74. The van der Waals surface area contributed by atoms with Crippen LogP contribution in [-0.2, 0) is 5.41 Å². The SMILES string of the molecule is CNC[C@@H]1C[C@@]12CCOc1ccccc12. The Hall–Kier alpha value is -1.02. The highest BCUT2D eigenvalue weighted by atomic mass is 16.5. The molecule has 1 saturated carbocycles. The minimum absolute atomic E-state index is 0.442. The van der Waals surface area contributed by atoms with Gasteiger partial charge in [-0.25, -0.2) is 0 Å². The van der Waals surface area contributed by atoms with Crippen molar-refractivity contribution in [1.82, 2.24) is 5.32 Å². The maximum atomic E-state index is 5.71. The number of benzene rings is 1. The normalized spacial score (nSPS) is 32.2. The zero-order valence-corrected chi connectivity index (χ0v) is 9.12. The van der Waals surface area contributed by atoms with E-state index in [1.807, 2.05) is 7.05 Å². The first kappa shape index (κ1) is 9.22. The third-order valence-electron chi connectivity index (χ3n) is 3.91. The van der Waals surface area contributed by atoms with Crippen LogP contribution < -0.4 is 10.1 Å². The van der Waals surface area contributed by atoms with Crippen LogP contribution in [0.3, 0.4) is 0 Å². The topological polar surface area (TPSA) is 21.3 Å². The lowest BCUT2D eigenvalue weighted by molar-refractivity contribution is 0.253. The summed E-state index contributed by atoms with van der Waals surface area (Å²) in [6, 6.07) is 8.53. The lowest BCUT2D eigenvalue weighted by Gasteiger charge is -2.27. The maximum Gasteiger partial charge on any atom is 0.123 e. The molecule has 0 radical (unpaired) electrons. The molecule has 2 heteroatoms. The smallest absolute Gasteiger partial charge is 0.123 e. The lowest BCUT2D eigenvalue weighted by Crippen LogP contribution is -2.24. The predicted octanol–water partition coefficient (Wildman–Crippen LogP) is 1.95. The second kappa shape index (κ2) is 3.24. The van der Waals surface area contributed by atoms with Gasteiger partial charge in [-0.1, -0.05) is 18.2 Å². The molecule has 1 N–H and O–H groups in total. The second-order valence-electron chi connectivity index (χ2n) is 4.71. The van der Waals surface area contributed by atoms with E-state index in [4.69, 9.17) is 4.74 Å². The molecular weight excluding hydrogens is 186 g/mol. The number of para-hydroxylation sites is 1. The van der Waals surface area contributed by atoms with Crippen molar-refractivity contribution in [3.05, 3.63) is 29.8 Å². The average molecular weight is 203 g/mol. The van der Waals surface area contributed by atoms with Gasteiger partial charge in [-0.05, 0) is 38.4 Å². The molecule has 0 amide bonds. The summed E-state index contributed by atoms with van der Waals surface area (Å²) in [5.41, 5.74) is 1.88. The third-order valence-corrected chi connectivity index (χ3v) is 3.91. The van der Waals surface area contributed by atoms with Crippen LogP contribution in [0, 0.1) is 5.92 Å². The second-order valence-corrected chi connectivity index (χ2v) is 4.71. The lowest BCUT2D eigenvalue weighted by atomic mass is 9.87. The van der Waals surface area contributed by atoms with Gasteiger partial charge in [-0.15, -0.1) is 0 Å². The van der Waals surface area contributed by atoms with Gasteiger partial charge in [0.15, 0.2) is 0 Å². The molecular formula is C13H17NO. The van der Waals surface area contributed by atoms with Gasteiger partial charge in [0, 0.05) is 11.0 Å². The number of rotatable bonds is 2. The van der Waals surface area contributed by atoms with Crippen molar-refractivity contribution in [3.8, 4) is 5.75 Å². The Kier molecular flexibility index (Phi) is 1.99. The van der Waals surface area contributed by atoms with E-state index >= 15 is 0 Å². The molecule has 1 spiro atoms. The molecule has 2 nitrogen and oxygen atoms in total. The first-order chi connectivity index (χ1) is 7.37. The van der Waals surface area contributed by atoms with Crippen molar-refractivity contribution < 1.29 is 4.74 Å². The molecule has 1 heterocycles. The van der Waals surface area contributed by atoms with Gasteiger partial charge < -0.3 is 10.1 Å². The van der Waals surface area contributed by atoms with Crippen molar-refractivity contribution in [2.75, 3.05) is 20.2 Å². The fourth-order valence-electron chi connectivity index (χ4n) is 3.01. The van der Waals surface area contributed by atoms with Crippen LogP contribution in [0.1, 0.15) is 18.4 Å². The highest BCUT2D eigenvalue weighted by Crippen LogP contribution is 2.60. The fraction of sp³-hybridized carbons (Fsp3) is 0.538. The molecule has 15 heavy (non-hydrogen) atoms. The van der Waals surface area contributed by atoms with E-state index in [9.17, 15) is 0 Å². The minimum atomic E-state index is 0.442. The number of hydrogen-bond donors (Lipinski definition) is 1. The van der Waals surface area contributed by atoms with E-state index in [-0.39, 0.29) is 0 Å². The van der Waals surface area contributed by atoms with Crippen LogP contribution in [0.5, 0.6) is 5.75 Å². The molecule has 1 fully saturated rings. The highest BCUT2D eigenvalue weighted by molar-refractivity contribution is 5.46. The molecule has 2 atom stereocenters. The van der Waals surface area contributed by atoms with Gasteiger partial charge in [-0.3, -0.25) is 0 Å². The van der Waals surface area contributed by atoms with Gasteiger partial charge in [0.25, 0.3) is 0 Å². The Morgan fingerprint density at radius 3 is 3.20 bits per heavy atom. The summed E-state index contributed by atoms with van der Waals surface area (Å²) in [6.45, 7) is 2.02. The van der Waals surface area contributed by atoms with Crippen molar-refractivity contribution in [2.45, 2.75) is 18.3 Å². The largest absolute Gasteiger partial charge is 0.493 e. The molecule has 0 saturated heterocycles. The molecule has 0 aromatic heterocycles. The summed E-state index contributed by atoms with van der Waals surface area (Å²) >= 11 is 0. The van der Waals surface area contributed by atoms with Crippen LogP contribution in [0.25, 0.3) is 0 Å². The summed E-state index contributed by atoms with van der Waals surface area (Å²) < 4.78 is 5.71. The molecule has 1 aliphatic carbocycles. The van der Waals surface area contributed by atoms with Crippen molar-refractivity contribution in [2.24, 2.45) is 5.92 Å². The monoisotopic (exact) mass is 203 g/mol. The van der Waals surface area contributed by atoms with Crippen LogP contribution in [-0.4, -0.2) is 20.2 Å². The van der Waals surface area contributed by atoms with Crippen molar-refractivity contribution in [3.63, 3.8) is 0 Å². The molecule has 80 valence electrons. The Morgan fingerprint density at radius 2 is 2.33 bits per heavy atom. The van der Waals surface area contributed by atoms with E-state index in [2.05, 4.69) is 29.6 Å². The van der Waals surface area contributed by atoms with E-state index in [0.29, 0.717) is 5.41 Å². The number of fused-ring (bicyclic) bond motifs is 2. The summed E-state index contributed by atoms with van der Waals surface area (Å²) in [6.07, 6.45) is 2.52. The van der Waals surface area contributed by atoms with Gasteiger partial charge in [-0.2, -0.15) is 0 Å². The number of nitrogens with one attached hydrogen (secondary N) is 1. The van der Waals surface area contributed by atoms with Crippen LogP contribution >= 0.6 is 0 Å². The predicted molar refractivity (Wildman–Crippen MR) is 60.3 cm³/mol. The quantitative estimate of drug-likeness (QED) is 0.793. The summed E-state index contributed by atoms with van der Waals surface area (Å²) in [5, 5.41) is 3.29. The Balaban J connectivity index is 1.94. The first-order valence-corrected chi connectivity index (χ1v) is 5.74. The molecule has 2 aliphatic rings. The van der Waals surface area contributed by atoms with Crippen LogP contribution in [0.2, 0.25) is 0 Å². The third kappa shape index (κ3) is 1.28. The molecule has 1 aromatic rings. The average Bonchev–Trinajstić information content (AvgIpc) is 2.94. The number of hydrogen-bond acceptors (Lipinski definition) is 2. The van der Waals surface area contributed by atoms with E-state index in [0.717, 1.165) is 24.8 Å². The Labute approximate surface area is 90.6 Å². The van der Waals surface area contributed by atoms with Crippen LogP contribution in [0.15, 0.2) is 24.3 Å². The minimum Gasteiger partial charge on any atom is -0.493 e. The van der Waals surface area contributed by atoms with Gasteiger partial charge >= 0.3 is 0 Å². The van der Waals surface area contributed by atoms with Crippen molar-refractivity contribution in [1.29, 1.82) is 0 Å². The summed E-state index contributed by atoms with van der Waals surface area (Å²) in [5.74, 6) is 1.93. The summed E-state index contributed by atoms with van der Waals surface area (Å²) in [4.78, 5) is 0. The zero-order chi connectivity index (χ0) is 10.3. The van der Waals surface area contributed by atoms with E-state index in [1.165, 1.54) is 18.4 Å². The van der Waals surface area contributed by atoms with Crippen LogP contribution in [0.4, 0.5) is 0 Å². The van der Waals surface area contributed by atoms with Crippen molar-refractivity contribution >= 4 is 0 Å². The van der Waals surface area contributed by atoms with Gasteiger partial charge in [0.1, 0.15) is 5.75 Å². The van der Waals surface area contributed by atoms with E-state index in [1.54, 1.807) is 0 Å². The molecule has 3 rings (SSSR count).